The summed E-state index contributed by atoms with van der Waals surface area (Å²) in [6.07, 6.45) is 8.54. The molecule has 0 aliphatic carbocycles. The van der Waals surface area contributed by atoms with Crippen molar-refractivity contribution in [2.75, 3.05) is 0 Å². The van der Waals surface area contributed by atoms with Crippen LogP contribution in [0.4, 0.5) is 0 Å². The smallest absolute Gasteiger partial charge is 0.335 e. The van der Waals surface area contributed by atoms with Crippen molar-refractivity contribution in [3.63, 3.8) is 0 Å². The van der Waals surface area contributed by atoms with Gasteiger partial charge in [-0.2, -0.15) is 0 Å². The second kappa shape index (κ2) is 12.6. The number of benzene rings is 1. The highest BCUT2D eigenvalue weighted by Gasteiger charge is 2.29. The van der Waals surface area contributed by atoms with E-state index >= 15 is 0 Å². The van der Waals surface area contributed by atoms with E-state index in [9.17, 15) is 19.5 Å². The Morgan fingerprint density at radius 3 is 2.34 bits per heavy atom. The van der Waals surface area contributed by atoms with Gasteiger partial charge in [-0.1, -0.05) is 51.7 Å². The van der Waals surface area contributed by atoms with Gasteiger partial charge in [-0.3, -0.25) is 4.79 Å². The molecule has 0 saturated carbocycles. The minimum absolute atomic E-state index is 0.0334. The van der Waals surface area contributed by atoms with Crippen LogP contribution in [0.25, 0.3) is 0 Å². The number of carbonyl (C=O) groups is 3. The average molecular weight is 444 g/mol. The molecular formula is C24H33N3O5. The molecule has 0 spiro atoms. The lowest BCUT2D eigenvalue weighted by atomic mass is 9.83. The molecule has 0 aliphatic heterocycles. The van der Waals surface area contributed by atoms with Gasteiger partial charge in [-0.15, -0.1) is 0 Å². The van der Waals surface area contributed by atoms with Gasteiger partial charge in [0.25, 0.3) is 0 Å². The molecule has 4 N–H and O–H groups in total. The van der Waals surface area contributed by atoms with Crippen LogP contribution in [0.3, 0.4) is 0 Å². The van der Waals surface area contributed by atoms with Gasteiger partial charge in [-0.25, -0.2) is 14.6 Å². The van der Waals surface area contributed by atoms with E-state index < -0.39 is 18.0 Å². The molecule has 1 aromatic heterocycles. The lowest BCUT2D eigenvalue weighted by Crippen LogP contribution is -2.46. The molecule has 0 radical (unpaired) electrons. The van der Waals surface area contributed by atoms with E-state index in [0.29, 0.717) is 18.5 Å². The summed E-state index contributed by atoms with van der Waals surface area (Å²) >= 11 is 0. The number of aromatic amines is 1. The van der Waals surface area contributed by atoms with Crippen LogP contribution in [-0.4, -0.2) is 44.1 Å². The fraction of sp³-hybridized carbons (Fsp3) is 0.500. The largest absolute Gasteiger partial charge is 0.480 e. The second-order valence-electron chi connectivity index (χ2n) is 8.32. The zero-order chi connectivity index (χ0) is 23.5. The van der Waals surface area contributed by atoms with Gasteiger partial charge in [0.05, 0.1) is 11.9 Å². The Bertz CT molecular complexity index is 864. The Balaban J connectivity index is 2.09. The zero-order valence-corrected chi connectivity index (χ0v) is 18.7. The Labute approximate surface area is 188 Å². The lowest BCUT2D eigenvalue weighted by Gasteiger charge is -2.25. The van der Waals surface area contributed by atoms with Crippen molar-refractivity contribution in [2.45, 2.75) is 64.8 Å². The first-order valence-corrected chi connectivity index (χ1v) is 11.1. The molecule has 32 heavy (non-hydrogen) atoms. The van der Waals surface area contributed by atoms with Gasteiger partial charge in [0.2, 0.25) is 5.91 Å². The number of aromatic nitrogens is 2. The number of nitrogens with one attached hydrogen (secondary N) is 2. The van der Waals surface area contributed by atoms with Gasteiger partial charge in [0.15, 0.2) is 0 Å². The normalized spacial score (nSPS) is 13.8. The summed E-state index contributed by atoms with van der Waals surface area (Å²) in [5.74, 6) is -2.70. The molecule has 2 rings (SSSR count). The number of aromatic carboxylic acids is 1. The van der Waals surface area contributed by atoms with E-state index in [1.54, 1.807) is 30.5 Å². The quantitative estimate of drug-likeness (QED) is 0.329. The van der Waals surface area contributed by atoms with Crippen molar-refractivity contribution in [1.82, 2.24) is 15.3 Å². The van der Waals surface area contributed by atoms with Crippen LogP contribution in [0.15, 0.2) is 36.8 Å². The molecule has 8 heteroatoms. The van der Waals surface area contributed by atoms with E-state index in [2.05, 4.69) is 22.2 Å². The zero-order valence-electron chi connectivity index (χ0n) is 18.7. The van der Waals surface area contributed by atoms with Crippen LogP contribution in [0, 0.1) is 11.8 Å². The summed E-state index contributed by atoms with van der Waals surface area (Å²) in [6.45, 7) is 4.11. The number of nitrogens with zero attached hydrogens (tertiary/aromatic N) is 1. The first kappa shape index (κ1) is 25.1. The predicted molar refractivity (Wildman–Crippen MR) is 120 cm³/mol. The number of H-pyrrole nitrogens is 1. The number of rotatable bonds is 14. The van der Waals surface area contributed by atoms with Crippen molar-refractivity contribution < 1.29 is 24.6 Å². The Hall–Kier alpha value is -3.16. The van der Waals surface area contributed by atoms with Crippen molar-refractivity contribution in [3.8, 4) is 0 Å². The summed E-state index contributed by atoms with van der Waals surface area (Å²) in [7, 11) is 0. The fourth-order valence-corrected chi connectivity index (χ4v) is 3.86. The third kappa shape index (κ3) is 7.83. The van der Waals surface area contributed by atoms with Crippen molar-refractivity contribution in [3.05, 3.63) is 53.6 Å². The minimum atomic E-state index is -1.09. The highest BCUT2D eigenvalue weighted by Crippen LogP contribution is 2.24. The van der Waals surface area contributed by atoms with Crippen molar-refractivity contribution in [2.24, 2.45) is 11.8 Å². The van der Waals surface area contributed by atoms with Crippen LogP contribution < -0.4 is 5.32 Å². The number of carboxylic acid groups (broad SMARTS) is 2. The molecule has 1 aromatic carbocycles. The van der Waals surface area contributed by atoms with Crippen molar-refractivity contribution in [1.29, 1.82) is 0 Å². The lowest BCUT2D eigenvalue weighted by molar-refractivity contribution is -0.142. The standard InChI is InChI=1S/C24H33N3O5/c1-3-4-5-6-7-20(16(2)12-17-8-10-18(11-9-17)23(29)30)22(28)27-21(24(31)32)13-19-14-25-15-26-19/h8-11,14-16,20-21H,3-7,12-13H2,1-2H3,(H,25,26)(H,27,28)(H,29,30)(H,31,32). The maximum atomic E-state index is 13.1. The molecule has 3 atom stereocenters. The van der Waals surface area contributed by atoms with Crippen LogP contribution in [-0.2, 0) is 22.4 Å². The molecule has 8 nitrogen and oxygen atoms in total. The highest BCUT2D eigenvalue weighted by atomic mass is 16.4. The first-order chi connectivity index (χ1) is 15.3. The van der Waals surface area contributed by atoms with Crippen LogP contribution in [0.1, 0.15) is 67.6 Å². The van der Waals surface area contributed by atoms with E-state index in [1.807, 2.05) is 6.92 Å². The number of aliphatic carboxylic acids is 1. The molecule has 174 valence electrons. The molecule has 3 unspecified atom stereocenters. The van der Waals surface area contributed by atoms with E-state index in [4.69, 9.17) is 5.11 Å². The number of hydrogen-bond donors (Lipinski definition) is 4. The number of carboxylic acids is 2. The third-order valence-corrected chi connectivity index (χ3v) is 5.74. The summed E-state index contributed by atoms with van der Waals surface area (Å²) in [5.41, 5.74) is 1.81. The molecule has 2 aromatic rings. The number of imidazole rings is 1. The summed E-state index contributed by atoms with van der Waals surface area (Å²) in [6, 6.07) is 5.62. The maximum absolute atomic E-state index is 13.1. The minimum Gasteiger partial charge on any atom is -0.480 e. The summed E-state index contributed by atoms with van der Waals surface area (Å²) < 4.78 is 0. The first-order valence-electron chi connectivity index (χ1n) is 11.1. The summed E-state index contributed by atoms with van der Waals surface area (Å²) in [4.78, 5) is 42.7. The average Bonchev–Trinajstić information content (AvgIpc) is 3.26. The Morgan fingerprint density at radius 2 is 1.78 bits per heavy atom. The Kier molecular flexibility index (Phi) is 9.91. The molecule has 0 aliphatic rings. The SMILES string of the molecule is CCCCCCC(C(=O)NC(Cc1cnc[nH]1)C(=O)O)C(C)Cc1ccc(C(=O)O)cc1. The van der Waals surface area contributed by atoms with E-state index in [-0.39, 0.29) is 29.7 Å². The monoisotopic (exact) mass is 443 g/mol. The molecule has 1 heterocycles. The number of amides is 1. The number of hydrogen-bond acceptors (Lipinski definition) is 4. The van der Waals surface area contributed by atoms with Crippen molar-refractivity contribution >= 4 is 17.8 Å². The van der Waals surface area contributed by atoms with E-state index in [0.717, 1.165) is 31.2 Å². The Morgan fingerprint density at radius 1 is 1.06 bits per heavy atom. The number of unbranched alkanes of at least 4 members (excludes halogenated alkanes) is 3. The fourth-order valence-electron chi connectivity index (χ4n) is 3.86. The second-order valence-corrected chi connectivity index (χ2v) is 8.32. The molecule has 1 amide bonds. The van der Waals surface area contributed by atoms with E-state index in [1.165, 1.54) is 6.33 Å². The molecule has 0 fully saturated rings. The van der Waals surface area contributed by atoms with Gasteiger partial charge in [-0.05, 0) is 36.5 Å². The van der Waals surface area contributed by atoms with Gasteiger partial charge in [0.1, 0.15) is 6.04 Å². The van der Waals surface area contributed by atoms with Gasteiger partial charge < -0.3 is 20.5 Å². The van der Waals surface area contributed by atoms with Crippen LogP contribution >= 0.6 is 0 Å². The maximum Gasteiger partial charge on any atom is 0.335 e. The third-order valence-electron chi connectivity index (χ3n) is 5.74. The van der Waals surface area contributed by atoms with Crippen LogP contribution in [0.5, 0.6) is 0 Å². The van der Waals surface area contributed by atoms with Gasteiger partial charge >= 0.3 is 11.9 Å². The molecular weight excluding hydrogens is 410 g/mol. The predicted octanol–water partition coefficient (Wildman–Crippen LogP) is 3.69. The summed E-state index contributed by atoms with van der Waals surface area (Å²) in [5, 5.41) is 21.4. The number of carbonyl (C=O) groups excluding carboxylic acids is 1. The highest BCUT2D eigenvalue weighted by molar-refractivity contribution is 5.87. The topological polar surface area (TPSA) is 132 Å². The molecule has 0 bridgehead atoms. The molecule has 0 saturated heterocycles. The van der Waals surface area contributed by atoms with Crippen LogP contribution in [0.2, 0.25) is 0 Å². The van der Waals surface area contributed by atoms with Gasteiger partial charge in [0, 0.05) is 24.2 Å².